The normalized spacial score (nSPS) is 10.9. The second-order valence-electron chi connectivity index (χ2n) is 23.1. The van der Waals surface area contributed by atoms with Gasteiger partial charge in [-0.1, -0.05) is 180 Å². The number of hydrogen-bond donors (Lipinski definition) is 8. The summed E-state index contributed by atoms with van der Waals surface area (Å²) in [4.78, 5) is 114. The minimum atomic E-state index is -0.762. The summed E-state index contributed by atoms with van der Waals surface area (Å²) in [6.07, 6.45) is 26.1. The molecule has 0 aliphatic rings. The maximum Gasteiger partial charge on any atom is 0.275 e. The molecular weight excluding hydrogens is 1210 g/mol. The van der Waals surface area contributed by atoms with Crippen molar-refractivity contribution in [2.45, 2.75) is 175 Å². The third-order valence-corrected chi connectivity index (χ3v) is 15.1. The molecule has 6 amide bonds. The van der Waals surface area contributed by atoms with Crippen LogP contribution >= 0.6 is 0 Å². The number of ether oxygens (including phenoxy) is 3. The molecule has 0 unspecified atom stereocenters. The van der Waals surface area contributed by atoms with Crippen molar-refractivity contribution in [3.8, 4) is 17.2 Å². The van der Waals surface area contributed by atoms with Crippen LogP contribution in [-0.4, -0.2) is 90.2 Å². The van der Waals surface area contributed by atoms with E-state index in [1.54, 1.807) is 48.5 Å². The van der Waals surface area contributed by atoms with Gasteiger partial charge in [0.15, 0.2) is 0 Å². The number of unbranched alkanes of at least 4 members (excludes halogenated alkanes) is 21. The molecule has 24 nitrogen and oxygen atoms in total. The molecule has 7 aromatic heterocycles. The van der Waals surface area contributed by atoms with Gasteiger partial charge in [-0.2, -0.15) is 0 Å². The molecule has 0 aliphatic carbocycles. The van der Waals surface area contributed by atoms with Gasteiger partial charge in [-0.25, -0.2) is 34.9 Å². The number of aromatic nitrogens is 7. The Kier molecular flexibility index (Phi) is 30.5. The number of carbonyl (C=O) groups excluding carboxylic acids is 6. The monoisotopic (exact) mass is 1300 g/mol. The van der Waals surface area contributed by atoms with E-state index in [0.717, 1.165) is 77.0 Å². The predicted octanol–water partition coefficient (Wildman–Crippen LogP) is 14.7. The smallest absolute Gasteiger partial charge is 0.275 e. The quantitative estimate of drug-likeness (QED) is 0.0165. The molecule has 0 bridgehead atoms. The fourth-order valence-corrected chi connectivity index (χ4v) is 10.0. The largest absolute Gasteiger partial charge is 0.493 e. The lowest BCUT2D eigenvalue weighted by Gasteiger charge is -2.13. The summed E-state index contributed by atoms with van der Waals surface area (Å²) < 4.78 is 18.3. The maximum atomic E-state index is 14.2. The van der Waals surface area contributed by atoms with Gasteiger partial charge in [-0.15, -0.1) is 0 Å². The first kappa shape index (κ1) is 72.3. The van der Waals surface area contributed by atoms with Gasteiger partial charge in [-0.05, 0) is 67.8 Å². The van der Waals surface area contributed by atoms with E-state index < -0.39 is 35.4 Å². The van der Waals surface area contributed by atoms with Gasteiger partial charge in [0.2, 0.25) is 0 Å². The van der Waals surface area contributed by atoms with Gasteiger partial charge < -0.3 is 57.6 Å². The zero-order chi connectivity index (χ0) is 67.4. The first-order valence-electron chi connectivity index (χ1n) is 33.5. The SMILES string of the molecule is CCCCCCCCCCOc1cc(C(=O)Nc2cccc(N)n2)nc(C(=O)Nc2cccc(NC(=O)c3cc(OCCCCCCCCCC)cc(C(=O)Nc4cccc(NC(=O)c5cc(OCCCCCCCCCC)cc(C(=O)Nc6cccc(N)n6)n5)n4)n3)n2)c1. The molecule has 0 atom stereocenters. The second kappa shape index (κ2) is 40.1. The average molecular weight is 1300 g/mol. The summed E-state index contributed by atoms with van der Waals surface area (Å²) in [5.74, 6) is -2.71. The molecule has 0 saturated heterocycles. The fraction of sp³-hybridized carbons (Fsp3) is 0.423. The summed E-state index contributed by atoms with van der Waals surface area (Å²) in [7, 11) is 0. The van der Waals surface area contributed by atoms with Crippen LogP contribution in [0.1, 0.15) is 238 Å². The van der Waals surface area contributed by atoms with Crippen molar-refractivity contribution in [1.29, 1.82) is 0 Å². The second-order valence-corrected chi connectivity index (χ2v) is 23.1. The summed E-state index contributed by atoms with van der Waals surface area (Å²) in [6.45, 7) is 7.58. The highest BCUT2D eigenvalue weighted by Gasteiger charge is 2.22. The highest BCUT2D eigenvalue weighted by atomic mass is 16.5. The number of hydrogen-bond acceptors (Lipinski definition) is 18. The van der Waals surface area contributed by atoms with E-state index in [2.05, 4.69) is 87.6 Å². The fourth-order valence-electron chi connectivity index (χ4n) is 10.0. The molecule has 95 heavy (non-hydrogen) atoms. The van der Waals surface area contributed by atoms with Crippen molar-refractivity contribution in [2.24, 2.45) is 0 Å². The Hall–Kier alpha value is -10.1. The number of nitrogens with one attached hydrogen (secondary N) is 6. The Morgan fingerprint density at radius 1 is 0.284 bits per heavy atom. The Labute approximate surface area is 556 Å². The zero-order valence-electron chi connectivity index (χ0n) is 54.9. The first-order chi connectivity index (χ1) is 46.2. The molecule has 504 valence electrons. The number of nitrogen functional groups attached to an aromatic ring is 2. The summed E-state index contributed by atoms with van der Waals surface area (Å²) in [5.41, 5.74) is 10.8. The van der Waals surface area contributed by atoms with Crippen LogP contribution < -0.4 is 57.6 Å². The van der Waals surface area contributed by atoms with Crippen LogP contribution in [0.15, 0.2) is 109 Å². The van der Waals surface area contributed by atoms with E-state index in [1.807, 2.05) is 0 Å². The predicted molar refractivity (Wildman–Crippen MR) is 371 cm³/mol. The van der Waals surface area contributed by atoms with Crippen molar-refractivity contribution in [3.63, 3.8) is 0 Å². The summed E-state index contributed by atoms with van der Waals surface area (Å²) >= 11 is 0. The van der Waals surface area contributed by atoms with Crippen LogP contribution in [0.25, 0.3) is 0 Å². The molecule has 0 saturated carbocycles. The molecule has 0 aliphatic heterocycles. The molecule has 0 spiro atoms. The Balaban J connectivity index is 1.04. The maximum absolute atomic E-state index is 14.2. The molecule has 24 heteroatoms. The lowest BCUT2D eigenvalue weighted by atomic mass is 10.1. The highest BCUT2D eigenvalue weighted by molar-refractivity contribution is 6.09. The third kappa shape index (κ3) is 26.1. The highest BCUT2D eigenvalue weighted by Crippen LogP contribution is 2.24. The van der Waals surface area contributed by atoms with Crippen LogP contribution in [0.5, 0.6) is 17.2 Å². The molecule has 10 N–H and O–H groups in total. The molecule has 7 heterocycles. The Morgan fingerprint density at radius 2 is 0.484 bits per heavy atom. The van der Waals surface area contributed by atoms with Crippen LogP contribution in [0.2, 0.25) is 0 Å². The molecular formula is C71H91N15O9. The van der Waals surface area contributed by atoms with Gasteiger partial charge in [0.05, 0.1) is 19.8 Å². The molecule has 0 aromatic carbocycles. The van der Waals surface area contributed by atoms with Gasteiger partial charge in [-0.3, -0.25) is 28.8 Å². The summed E-state index contributed by atoms with van der Waals surface area (Å²) in [6, 6.07) is 27.3. The number of amides is 6. The van der Waals surface area contributed by atoms with E-state index in [4.69, 9.17) is 25.7 Å². The molecule has 0 radical (unpaired) electrons. The number of pyridine rings is 7. The van der Waals surface area contributed by atoms with Gasteiger partial charge in [0, 0.05) is 36.4 Å². The molecule has 7 aromatic rings. The molecule has 7 rings (SSSR count). The minimum absolute atomic E-state index is 0.0156. The first-order valence-corrected chi connectivity index (χ1v) is 33.5. The zero-order valence-corrected chi connectivity index (χ0v) is 54.9. The van der Waals surface area contributed by atoms with Crippen molar-refractivity contribution in [1.82, 2.24) is 34.9 Å². The van der Waals surface area contributed by atoms with Gasteiger partial charge in [0.25, 0.3) is 35.4 Å². The number of nitrogens with zero attached hydrogens (tertiary/aromatic N) is 7. The summed E-state index contributed by atoms with van der Waals surface area (Å²) in [5, 5.41) is 16.2. The van der Waals surface area contributed by atoms with E-state index in [0.29, 0.717) is 19.8 Å². The van der Waals surface area contributed by atoms with Crippen molar-refractivity contribution < 1.29 is 43.0 Å². The lowest BCUT2D eigenvalue weighted by molar-refractivity contribution is 0.0997. The van der Waals surface area contributed by atoms with Gasteiger partial charge >= 0.3 is 0 Å². The lowest BCUT2D eigenvalue weighted by Crippen LogP contribution is -2.21. The van der Waals surface area contributed by atoms with Crippen LogP contribution in [0, 0.1) is 0 Å². The topological polar surface area (TPSA) is 345 Å². The number of carbonyl (C=O) groups is 6. The van der Waals surface area contributed by atoms with Crippen LogP contribution in [-0.2, 0) is 0 Å². The van der Waals surface area contributed by atoms with Crippen molar-refractivity contribution in [2.75, 3.05) is 63.2 Å². The van der Waals surface area contributed by atoms with E-state index in [-0.39, 0.29) is 98.0 Å². The van der Waals surface area contributed by atoms with Crippen LogP contribution in [0.4, 0.5) is 46.5 Å². The molecule has 0 fully saturated rings. The van der Waals surface area contributed by atoms with Crippen molar-refractivity contribution in [3.05, 3.63) is 143 Å². The van der Waals surface area contributed by atoms with Gasteiger partial charge in [0.1, 0.15) is 98.0 Å². The van der Waals surface area contributed by atoms with E-state index in [1.165, 1.54) is 138 Å². The Bertz CT molecular complexity index is 3410. The standard InChI is InChI=1S/C71H91N15O9/c1-4-7-10-13-16-19-22-25-40-93-49-43-52(66(87)81-60-34-28-32-58(72)77-60)74-54(45-49)68(89)83-62-36-30-38-64(79-62)85-70(91)56-47-51(95-42-27-24-21-18-15-12-9-6-3)48-57(76-56)71(92)86-65-39-31-37-63(80-65)84-69(90)55-46-50(94-41-26-23-20-17-14-11-8-5-2)44-53(75-55)67(88)82-61-35-29-33-59(73)78-61/h28-39,43-48H,4-27,40-42H2,1-3H3,(H3,72,77,81,87)(H3,73,78,82,88)(H2,79,83,85,89,91)(H2,80,84,86,90,92). The Morgan fingerprint density at radius 3 is 0.705 bits per heavy atom. The third-order valence-electron chi connectivity index (χ3n) is 15.1. The number of anilines is 8. The van der Waals surface area contributed by atoms with Crippen molar-refractivity contribution >= 4 is 82.0 Å². The number of rotatable bonds is 42. The van der Waals surface area contributed by atoms with Crippen LogP contribution in [0.3, 0.4) is 0 Å². The van der Waals surface area contributed by atoms with E-state index >= 15 is 0 Å². The number of nitrogens with two attached hydrogens (primary N) is 2. The van der Waals surface area contributed by atoms with E-state index in [9.17, 15) is 28.8 Å². The average Bonchev–Trinajstić information content (AvgIpc) is 0.895. The minimum Gasteiger partial charge on any atom is -0.493 e.